The lowest BCUT2D eigenvalue weighted by Gasteiger charge is -2.13. The van der Waals surface area contributed by atoms with Crippen molar-refractivity contribution in [3.63, 3.8) is 0 Å². The van der Waals surface area contributed by atoms with E-state index in [1.807, 2.05) is 12.1 Å². The van der Waals surface area contributed by atoms with E-state index in [9.17, 15) is 9.59 Å². The Morgan fingerprint density at radius 1 is 1.22 bits per heavy atom. The Kier molecular flexibility index (Phi) is 5.54. The minimum atomic E-state index is -0.261. The summed E-state index contributed by atoms with van der Waals surface area (Å²) in [7, 11) is 3.33. The quantitative estimate of drug-likeness (QED) is 0.904. The predicted molar refractivity (Wildman–Crippen MR) is 89.6 cm³/mol. The van der Waals surface area contributed by atoms with Crippen LogP contribution in [0.25, 0.3) is 0 Å². The van der Waals surface area contributed by atoms with Gasteiger partial charge < -0.3 is 15.5 Å². The van der Waals surface area contributed by atoms with E-state index in [1.165, 1.54) is 17.3 Å². The van der Waals surface area contributed by atoms with Crippen LogP contribution in [-0.4, -0.2) is 35.9 Å². The van der Waals surface area contributed by atoms with Gasteiger partial charge in [-0.2, -0.15) is 0 Å². The van der Waals surface area contributed by atoms with E-state index in [0.29, 0.717) is 22.8 Å². The van der Waals surface area contributed by atoms with Gasteiger partial charge in [0.05, 0.1) is 10.6 Å². The minimum Gasteiger partial charge on any atom is -0.348 e. The van der Waals surface area contributed by atoms with E-state index < -0.39 is 0 Å². The fourth-order valence-electron chi connectivity index (χ4n) is 1.81. The summed E-state index contributed by atoms with van der Waals surface area (Å²) in [4.78, 5) is 29.0. The second-order valence-corrected chi connectivity index (χ2v) is 5.54. The highest BCUT2D eigenvalue weighted by Crippen LogP contribution is 2.12. The maximum Gasteiger partial charge on any atom is 0.321 e. The zero-order valence-corrected chi connectivity index (χ0v) is 13.6. The number of carbonyl (C=O) groups is 2. The molecule has 0 aliphatic carbocycles. The van der Waals surface area contributed by atoms with Crippen LogP contribution in [-0.2, 0) is 6.54 Å². The fraction of sp³-hybridized carbons (Fsp3) is 0.188. The zero-order valence-electron chi connectivity index (χ0n) is 12.8. The number of rotatable bonds is 4. The molecule has 120 valence electrons. The third-order valence-electron chi connectivity index (χ3n) is 3.00. The molecule has 0 unspecified atom stereocenters. The van der Waals surface area contributed by atoms with Gasteiger partial charge in [0.15, 0.2) is 0 Å². The summed E-state index contributed by atoms with van der Waals surface area (Å²) in [6, 6.07) is 8.61. The van der Waals surface area contributed by atoms with E-state index >= 15 is 0 Å². The molecular formula is C16H17ClN4O2. The van der Waals surface area contributed by atoms with E-state index in [1.54, 1.807) is 32.3 Å². The Morgan fingerprint density at radius 2 is 2.00 bits per heavy atom. The number of nitrogens with zero attached hydrogens (tertiary/aromatic N) is 2. The van der Waals surface area contributed by atoms with Crippen LogP contribution < -0.4 is 10.6 Å². The van der Waals surface area contributed by atoms with Gasteiger partial charge in [-0.05, 0) is 23.8 Å². The van der Waals surface area contributed by atoms with Crippen molar-refractivity contribution in [2.45, 2.75) is 6.54 Å². The summed E-state index contributed by atoms with van der Waals surface area (Å²) < 4.78 is 0. The van der Waals surface area contributed by atoms with Gasteiger partial charge in [-0.3, -0.25) is 9.78 Å². The van der Waals surface area contributed by atoms with Gasteiger partial charge in [-0.15, -0.1) is 0 Å². The van der Waals surface area contributed by atoms with E-state index in [0.717, 1.165) is 5.56 Å². The number of hydrogen-bond acceptors (Lipinski definition) is 3. The molecule has 0 aliphatic rings. The molecule has 3 amide bonds. The molecule has 1 aromatic heterocycles. The first-order chi connectivity index (χ1) is 11.0. The van der Waals surface area contributed by atoms with E-state index in [-0.39, 0.29) is 11.9 Å². The summed E-state index contributed by atoms with van der Waals surface area (Å²) in [5.41, 5.74) is 1.93. The van der Waals surface area contributed by atoms with Crippen molar-refractivity contribution in [3.8, 4) is 0 Å². The second kappa shape index (κ2) is 7.60. The van der Waals surface area contributed by atoms with Crippen molar-refractivity contribution in [2.24, 2.45) is 0 Å². The first kappa shape index (κ1) is 16.8. The molecule has 0 spiro atoms. The molecular weight excluding hydrogens is 316 g/mol. The molecule has 0 aliphatic heterocycles. The molecule has 0 bridgehead atoms. The number of hydrogen-bond donors (Lipinski definition) is 2. The van der Waals surface area contributed by atoms with Crippen molar-refractivity contribution in [1.29, 1.82) is 0 Å². The molecule has 0 atom stereocenters. The highest BCUT2D eigenvalue weighted by atomic mass is 35.5. The van der Waals surface area contributed by atoms with Crippen LogP contribution in [0.1, 0.15) is 15.9 Å². The van der Waals surface area contributed by atoms with Gasteiger partial charge >= 0.3 is 6.03 Å². The number of nitrogens with one attached hydrogen (secondary N) is 2. The fourth-order valence-corrected chi connectivity index (χ4v) is 1.99. The first-order valence-corrected chi connectivity index (χ1v) is 7.29. The number of aromatic nitrogens is 1. The molecule has 2 aromatic rings. The van der Waals surface area contributed by atoms with Crippen LogP contribution in [0.2, 0.25) is 5.02 Å². The number of carbonyl (C=O) groups excluding carboxylic acids is 2. The lowest BCUT2D eigenvalue weighted by atomic mass is 10.2. The molecule has 23 heavy (non-hydrogen) atoms. The maximum atomic E-state index is 12.0. The molecule has 6 nitrogen and oxygen atoms in total. The summed E-state index contributed by atoms with van der Waals surface area (Å²) in [5, 5.41) is 5.95. The van der Waals surface area contributed by atoms with E-state index in [4.69, 9.17) is 11.6 Å². The van der Waals surface area contributed by atoms with Crippen LogP contribution in [0, 0.1) is 0 Å². The average molecular weight is 333 g/mol. The van der Waals surface area contributed by atoms with Crippen LogP contribution in [0.4, 0.5) is 10.5 Å². The van der Waals surface area contributed by atoms with Crippen molar-refractivity contribution >= 4 is 29.2 Å². The number of amides is 3. The SMILES string of the molecule is CN(C)C(=O)Nc1cccc(CNC(=O)c2cncc(Cl)c2)c1. The Hall–Kier alpha value is -2.60. The highest BCUT2D eigenvalue weighted by Gasteiger charge is 2.07. The second-order valence-electron chi connectivity index (χ2n) is 5.10. The largest absolute Gasteiger partial charge is 0.348 e. The smallest absolute Gasteiger partial charge is 0.321 e. The van der Waals surface area contributed by atoms with Crippen molar-refractivity contribution < 1.29 is 9.59 Å². The van der Waals surface area contributed by atoms with Gasteiger partial charge in [0, 0.05) is 38.7 Å². The molecule has 0 fully saturated rings. The number of benzene rings is 1. The topological polar surface area (TPSA) is 74.3 Å². The van der Waals surface area contributed by atoms with Crippen LogP contribution >= 0.6 is 11.6 Å². The van der Waals surface area contributed by atoms with Crippen LogP contribution in [0.5, 0.6) is 0 Å². The highest BCUT2D eigenvalue weighted by molar-refractivity contribution is 6.30. The monoisotopic (exact) mass is 332 g/mol. The minimum absolute atomic E-state index is 0.212. The number of halogens is 1. The summed E-state index contributed by atoms with van der Waals surface area (Å²) >= 11 is 5.81. The Bertz CT molecular complexity index is 719. The predicted octanol–water partition coefficient (Wildman–Crippen LogP) is 2.76. The number of urea groups is 1. The molecule has 0 saturated heterocycles. The summed E-state index contributed by atoms with van der Waals surface area (Å²) in [6.07, 6.45) is 2.92. The lowest BCUT2D eigenvalue weighted by Crippen LogP contribution is -2.27. The van der Waals surface area contributed by atoms with Crippen molar-refractivity contribution in [2.75, 3.05) is 19.4 Å². The molecule has 1 aromatic carbocycles. The molecule has 0 radical (unpaired) electrons. The molecule has 0 saturated carbocycles. The van der Waals surface area contributed by atoms with Gasteiger partial charge in [-0.1, -0.05) is 23.7 Å². The normalized spacial score (nSPS) is 10.0. The molecule has 2 rings (SSSR count). The standard InChI is InChI=1S/C16H17ClN4O2/c1-21(2)16(23)20-14-5-3-4-11(6-14)8-19-15(22)12-7-13(17)10-18-9-12/h3-7,9-10H,8H2,1-2H3,(H,19,22)(H,20,23). The Morgan fingerprint density at radius 3 is 2.70 bits per heavy atom. The van der Waals surface area contributed by atoms with Gasteiger partial charge in [0.1, 0.15) is 0 Å². The third kappa shape index (κ3) is 4.96. The van der Waals surface area contributed by atoms with Gasteiger partial charge in [0.2, 0.25) is 0 Å². The van der Waals surface area contributed by atoms with Crippen molar-refractivity contribution in [1.82, 2.24) is 15.2 Å². The maximum absolute atomic E-state index is 12.0. The third-order valence-corrected chi connectivity index (χ3v) is 3.21. The first-order valence-electron chi connectivity index (χ1n) is 6.91. The Labute approximate surface area is 139 Å². The Balaban J connectivity index is 1.98. The van der Waals surface area contributed by atoms with E-state index in [2.05, 4.69) is 15.6 Å². The zero-order chi connectivity index (χ0) is 16.8. The van der Waals surface area contributed by atoms with Crippen LogP contribution in [0.3, 0.4) is 0 Å². The van der Waals surface area contributed by atoms with Crippen molar-refractivity contribution in [3.05, 3.63) is 58.9 Å². The number of anilines is 1. The van der Waals surface area contributed by atoms with Gasteiger partial charge in [0.25, 0.3) is 5.91 Å². The summed E-state index contributed by atoms with van der Waals surface area (Å²) in [5.74, 6) is -0.261. The van der Waals surface area contributed by atoms with Crippen LogP contribution in [0.15, 0.2) is 42.7 Å². The summed E-state index contributed by atoms with van der Waals surface area (Å²) in [6.45, 7) is 0.330. The molecule has 1 heterocycles. The number of pyridine rings is 1. The molecule has 7 heteroatoms. The average Bonchev–Trinajstić information content (AvgIpc) is 2.53. The lowest BCUT2D eigenvalue weighted by molar-refractivity contribution is 0.0950. The van der Waals surface area contributed by atoms with Gasteiger partial charge in [-0.25, -0.2) is 4.79 Å². The molecule has 2 N–H and O–H groups in total.